The fraction of sp³-hybridized carbons (Fsp3) is 0.571. The molecule has 0 radical (unpaired) electrons. The minimum atomic E-state index is -3.25. The minimum absolute atomic E-state index is 0.0188. The third-order valence-electron chi connectivity index (χ3n) is 3.83. The van der Waals surface area contributed by atoms with Crippen LogP contribution >= 0.6 is 0 Å². The van der Waals surface area contributed by atoms with Gasteiger partial charge in [0.2, 0.25) is 10.0 Å². The van der Waals surface area contributed by atoms with E-state index >= 15 is 0 Å². The normalized spacial score (nSPS) is 17.2. The van der Waals surface area contributed by atoms with Gasteiger partial charge in [-0.1, -0.05) is 37.1 Å². The van der Waals surface area contributed by atoms with Gasteiger partial charge < -0.3 is 5.11 Å². The second-order valence-electron chi connectivity index (χ2n) is 5.19. The van der Waals surface area contributed by atoms with Crippen LogP contribution in [-0.2, 0) is 22.4 Å². The number of hydrogen-bond acceptors (Lipinski definition) is 3. The lowest BCUT2D eigenvalue weighted by molar-refractivity contribution is 0.282. The third kappa shape index (κ3) is 3.55. The summed E-state index contributed by atoms with van der Waals surface area (Å²) in [5.74, 6) is 0.0334. The van der Waals surface area contributed by atoms with Gasteiger partial charge in [-0.2, -0.15) is 0 Å². The van der Waals surface area contributed by atoms with Gasteiger partial charge in [-0.25, -0.2) is 12.7 Å². The number of aliphatic hydroxyl groups is 1. The van der Waals surface area contributed by atoms with Crippen LogP contribution in [0.25, 0.3) is 0 Å². The van der Waals surface area contributed by atoms with Crippen molar-refractivity contribution in [1.29, 1.82) is 0 Å². The van der Waals surface area contributed by atoms with E-state index in [4.69, 9.17) is 5.11 Å². The highest BCUT2D eigenvalue weighted by Crippen LogP contribution is 2.25. The SMILES string of the molecule is CN(C1CCCC1)S(=O)(=O)Cc1ccc(CO)cc1. The Morgan fingerprint density at radius 3 is 2.21 bits per heavy atom. The Morgan fingerprint density at radius 2 is 1.68 bits per heavy atom. The monoisotopic (exact) mass is 283 g/mol. The number of rotatable bonds is 5. The molecule has 4 nitrogen and oxygen atoms in total. The van der Waals surface area contributed by atoms with Crippen LogP contribution in [0.1, 0.15) is 36.8 Å². The van der Waals surface area contributed by atoms with Gasteiger partial charge in [0.15, 0.2) is 0 Å². The molecule has 1 aromatic carbocycles. The summed E-state index contributed by atoms with van der Waals surface area (Å²) in [5, 5.41) is 8.97. The molecule has 0 unspecified atom stereocenters. The molecule has 0 aliphatic heterocycles. The van der Waals surface area contributed by atoms with Crippen LogP contribution in [0.15, 0.2) is 24.3 Å². The molecule has 0 spiro atoms. The van der Waals surface area contributed by atoms with Crippen LogP contribution in [-0.4, -0.2) is 30.9 Å². The third-order valence-corrected chi connectivity index (χ3v) is 5.71. The second kappa shape index (κ2) is 6.03. The summed E-state index contributed by atoms with van der Waals surface area (Å²) in [6.07, 6.45) is 4.18. The van der Waals surface area contributed by atoms with Crippen molar-refractivity contribution in [3.8, 4) is 0 Å². The average Bonchev–Trinajstić information content (AvgIpc) is 2.92. The number of sulfonamides is 1. The number of benzene rings is 1. The molecule has 0 saturated heterocycles. The Kier molecular flexibility index (Phi) is 4.60. The van der Waals surface area contributed by atoms with Crippen LogP contribution in [0.4, 0.5) is 0 Å². The fourth-order valence-corrected chi connectivity index (χ4v) is 4.03. The molecule has 0 amide bonds. The lowest BCUT2D eigenvalue weighted by atomic mass is 10.2. The molecule has 0 aromatic heterocycles. The highest BCUT2D eigenvalue weighted by atomic mass is 32.2. The number of aliphatic hydroxyl groups excluding tert-OH is 1. The zero-order valence-electron chi connectivity index (χ0n) is 11.2. The maximum Gasteiger partial charge on any atom is 0.218 e. The van der Waals surface area contributed by atoms with Crippen molar-refractivity contribution in [1.82, 2.24) is 4.31 Å². The van der Waals surface area contributed by atoms with Crippen molar-refractivity contribution < 1.29 is 13.5 Å². The van der Waals surface area contributed by atoms with Gasteiger partial charge in [-0.05, 0) is 24.0 Å². The Bertz CT molecular complexity index is 504. The van der Waals surface area contributed by atoms with E-state index in [-0.39, 0.29) is 18.4 Å². The summed E-state index contributed by atoms with van der Waals surface area (Å²) in [6, 6.07) is 7.24. The van der Waals surface area contributed by atoms with Crippen LogP contribution in [0.2, 0.25) is 0 Å². The molecule has 1 aromatic rings. The number of hydrogen-bond donors (Lipinski definition) is 1. The molecule has 0 atom stereocenters. The fourth-order valence-electron chi connectivity index (χ4n) is 2.55. The Hall–Kier alpha value is -0.910. The lowest BCUT2D eigenvalue weighted by Crippen LogP contribution is -2.36. The van der Waals surface area contributed by atoms with Crippen molar-refractivity contribution in [3.05, 3.63) is 35.4 Å². The van der Waals surface area contributed by atoms with Crippen LogP contribution in [0.3, 0.4) is 0 Å². The van der Waals surface area contributed by atoms with E-state index in [1.165, 1.54) is 0 Å². The van der Waals surface area contributed by atoms with E-state index in [1.807, 2.05) is 0 Å². The van der Waals surface area contributed by atoms with Crippen molar-refractivity contribution >= 4 is 10.0 Å². The quantitative estimate of drug-likeness (QED) is 0.897. The summed E-state index contributed by atoms with van der Waals surface area (Å²) >= 11 is 0. The number of nitrogens with zero attached hydrogens (tertiary/aromatic N) is 1. The Morgan fingerprint density at radius 1 is 1.16 bits per heavy atom. The topological polar surface area (TPSA) is 57.6 Å². The Balaban J connectivity index is 2.06. The molecule has 5 heteroatoms. The van der Waals surface area contributed by atoms with Crippen LogP contribution < -0.4 is 0 Å². The van der Waals surface area contributed by atoms with Gasteiger partial charge >= 0.3 is 0 Å². The van der Waals surface area contributed by atoms with Gasteiger partial charge in [0.25, 0.3) is 0 Å². The highest BCUT2D eigenvalue weighted by molar-refractivity contribution is 7.88. The summed E-state index contributed by atoms with van der Waals surface area (Å²) in [7, 11) is -1.56. The summed E-state index contributed by atoms with van der Waals surface area (Å²) < 4.78 is 26.2. The molecule has 19 heavy (non-hydrogen) atoms. The van der Waals surface area contributed by atoms with E-state index < -0.39 is 10.0 Å². The van der Waals surface area contributed by atoms with Crippen LogP contribution in [0, 0.1) is 0 Å². The van der Waals surface area contributed by atoms with E-state index in [9.17, 15) is 8.42 Å². The minimum Gasteiger partial charge on any atom is -0.392 e. The van der Waals surface area contributed by atoms with E-state index in [0.29, 0.717) is 0 Å². The van der Waals surface area contributed by atoms with Gasteiger partial charge in [-0.15, -0.1) is 0 Å². The van der Waals surface area contributed by atoms with E-state index in [2.05, 4.69) is 0 Å². The zero-order chi connectivity index (χ0) is 13.9. The maximum atomic E-state index is 12.3. The van der Waals surface area contributed by atoms with E-state index in [1.54, 1.807) is 35.6 Å². The standard InChI is InChI=1S/C14H21NO3S/c1-15(14-4-2-3-5-14)19(17,18)11-13-8-6-12(10-16)7-9-13/h6-9,14,16H,2-5,10-11H2,1H3. The smallest absolute Gasteiger partial charge is 0.218 e. The molecule has 1 aliphatic carbocycles. The molecule has 0 heterocycles. The Labute approximate surface area is 115 Å². The maximum absolute atomic E-state index is 12.3. The molecule has 1 fully saturated rings. The lowest BCUT2D eigenvalue weighted by Gasteiger charge is -2.23. The second-order valence-corrected chi connectivity index (χ2v) is 7.21. The summed E-state index contributed by atoms with van der Waals surface area (Å²) in [6.45, 7) is -0.0188. The van der Waals surface area contributed by atoms with Crippen molar-refractivity contribution in [2.75, 3.05) is 7.05 Å². The molecule has 106 valence electrons. The van der Waals surface area contributed by atoms with Gasteiger partial charge in [0.05, 0.1) is 12.4 Å². The van der Waals surface area contributed by atoms with Crippen molar-refractivity contribution in [2.24, 2.45) is 0 Å². The van der Waals surface area contributed by atoms with Crippen molar-refractivity contribution in [3.63, 3.8) is 0 Å². The van der Waals surface area contributed by atoms with Gasteiger partial charge in [0.1, 0.15) is 0 Å². The van der Waals surface area contributed by atoms with Crippen LogP contribution in [0.5, 0.6) is 0 Å². The largest absolute Gasteiger partial charge is 0.392 e. The van der Waals surface area contributed by atoms with Gasteiger partial charge in [0, 0.05) is 13.1 Å². The first-order valence-corrected chi connectivity index (χ1v) is 8.28. The first kappa shape index (κ1) is 14.5. The van der Waals surface area contributed by atoms with Crippen molar-refractivity contribution in [2.45, 2.75) is 44.1 Å². The summed E-state index contributed by atoms with van der Waals surface area (Å²) in [5.41, 5.74) is 1.56. The highest BCUT2D eigenvalue weighted by Gasteiger charge is 2.28. The molecular weight excluding hydrogens is 262 g/mol. The molecular formula is C14H21NO3S. The molecule has 1 saturated carbocycles. The van der Waals surface area contributed by atoms with Gasteiger partial charge in [-0.3, -0.25) is 0 Å². The predicted molar refractivity (Wildman–Crippen MR) is 75.0 cm³/mol. The zero-order valence-corrected chi connectivity index (χ0v) is 12.1. The predicted octanol–water partition coefficient (Wildman–Crippen LogP) is 1.88. The van der Waals surface area contributed by atoms with E-state index in [0.717, 1.165) is 36.8 Å². The average molecular weight is 283 g/mol. The first-order valence-electron chi connectivity index (χ1n) is 6.67. The summed E-state index contributed by atoms with van der Waals surface area (Å²) in [4.78, 5) is 0. The molecule has 0 bridgehead atoms. The molecule has 2 rings (SSSR count). The first-order chi connectivity index (χ1) is 9.03. The molecule has 1 aliphatic rings. The molecule has 1 N–H and O–H groups in total.